The molecule has 3 aromatic rings. The van der Waals surface area contributed by atoms with Crippen molar-refractivity contribution in [3.05, 3.63) is 125 Å². The molecular formula is C31H31F3N2O5. The molecule has 0 bridgehead atoms. The van der Waals surface area contributed by atoms with Gasteiger partial charge in [-0.05, 0) is 41.2 Å². The predicted octanol–water partition coefficient (Wildman–Crippen LogP) is 6.24. The van der Waals surface area contributed by atoms with Crippen LogP contribution in [0.2, 0.25) is 0 Å². The average Bonchev–Trinajstić information content (AvgIpc) is 2.97. The third kappa shape index (κ3) is 8.71. The van der Waals surface area contributed by atoms with Gasteiger partial charge in [0.25, 0.3) is 0 Å². The van der Waals surface area contributed by atoms with Gasteiger partial charge in [0.05, 0.1) is 31.7 Å². The summed E-state index contributed by atoms with van der Waals surface area (Å²) in [7, 11) is 4.13. The van der Waals surface area contributed by atoms with Crippen molar-refractivity contribution in [1.29, 1.82) is 0 Å². The summed E-state index contributed by atoms with van der Waals surface area (Å²) in [6.45, 7) is 4.06. The van der Waals surface area contributed by atoms with Gasteiger partial charge in [-0.25, -0.2) is 4.79 Å². The molecule has 7 nitrogen and oxygen atoms in total. The van der Waals surface area contributed by atoms with Gasteiger partial charge in [0.15, 0.2) is 0 Å². The number of benzene rings is 3. The molecule has 0 aliphatic rings. The molecule has 0 radical (unpaired) electrons. The maximum Gasteiger partial charge on any atom is 0.416 e. The SMILES string of the molecule is C=C(NOCc1ccccc1C(=COC)C(=O)OC)C(=NOC)c1ccc(CCc2cccc(C(F)(F)F)c2)cc1. The van der Waals surface area contributed by atoms with E-state index in [0.717, 1.165) is 11.6 Å². The van der Waals surface area contributed by atoms with E-state index in [1.165, 1.54) is 39.7 Å². The van der Waals surface area contributed by atoms with Crippen molar-refractivity contribution in [3.63, 3.8) is 0 Å². The molecule has 0 aliphatic carbocycles. The molecule has 0 heterocycles. The highest BCUT2D eigenvalue weighted by Crippen LogP contribution is 2.30. The van der Waals surface area contributed by atoms with Crippen LogP contribution in [0, 0.1) is 0 Å². The average molecular weight is 569 g/mol. The number of oxime groups is 1. The van der Waals surface area contributed by atoms with E-state index in [2.05, 4.69) is 17.2 Å². The monoisotopic (exact) mass is 568 g/mol. The molecule has 0 saturated carbocycles. The third-order valence-corrected chi connectivity index (χ3v) is 6.02. The lowest BCUT2D eigenvalue weighted by Gasteiger charge is -2.15. The lowest BCUT2D eigenvalue weighted by molar-refractivity contribution is -0.137. The minimum Gasteiger partial charge on any atom is -0.503 e. The molecule has 0 aliphatic heterocycles. The first-order chi connectivity index (χ1) is 19.7. The van der Waals surface area contributed by atoms with E-state index in [4.69, 9.17) is 19.1 Å². The van der Waals surface area contributed by atoms with Crippen molar-refractivity contribution in [2.75, 3.05) is 21.3 Å². The van der Waals surface area contributed by atoms with Crippen molar-refractivity contribution < 1.29 is 37.1 Å². The molecule has 0 spiro atoms. The smallest absolute Gasteiger partial charge is 0.416 e. The number of rotatable bonds is 13. The minimum absolute atomic E-state index is 0.0714. The van der Waals surface area contributed by atoms with Gasteiger partial charge in [-0.15, -0.1) is 0 Å². The van der Waals surface area contributed by atoms with Gasteiger partial charge in [-0.3, -0.25) is 10.3 Å². The molecule has 216 valence electrons. The molecule has 3 aromatic carbocycles. The normalized spacial score (nSPS) is 12.0. The highest BCUT2D eigenvalue weighted by molar-refractivity contribution is 6.16. The van der Waals surface area contributed by atoms with Crippen molar-refractivity contribution in [2.24, 2.45) is 5.16 Å². The van der Waals surface area contributed by atoms with Crippen LogP contribution in [-0.2, 0) is 49.6 Å². The Balaban J connectivity index is 1.64. The van der Waals surface area contributed by atoms with Crippen LogP contribution in [0.1, 0.15) is 33.4 Å². The number of aryl methyl sites for hydroxylation is 2. The lowest BCUT2D eigenvalue weighted by atomic mass is 10.00. The lowest BCUT2D eigenvalue weighted by Crippen LogP contribution is -2.21. The number of ether oxygens (including phenoxy) is 2. The predicted molar refractivity (Wildman–Crippen MR) is 149 cm³/mol. The fraction of sp³-hybridized carbons (Fsp3) is 0.226. The standard InChI is InChI=1S/C31H31F3N2O5/c1-21(35-41-19-25-9-5-6-11-27(25)28(20-38-2)30(37)39-3)29(36-40-4)24-16-14-22(15-17-24)12-13-23-8-7-10-26(18-23)31(32,33)34/h5-11,14-18,20,35H,1,12-13,19H2,2-4H3. The van der Waals surface area contributed by atoms with E-state index in [-0.39, 0.29) is 12.2 Å². The summed E-state index contributed by atoms with van der Waals surface area (Å²) < 4.78 is 48.9. The fourth-order valence-corrected chi connectivity index (χ4v) is 4.00. The Bertz CT molecular complexity index is 1400. The van der Waals surface area contributed by atoms with E-state index < -0.39 is 17.7 Å². The van der Waals surface area contributed by atoms with Gasteiger partial charge in [0.2, 0.25) is 0 Å². The van der Waals surface area contributed by atoms with E-state index in [9.17, 15) is 18.0 Å². The van der Waals surface area contributed by atoms with Crippen LogP contribution in [-0.4, -0.2) is 33.0 Å². The Labute approximate surface area is 236 Å². The first kappa shape index (κ1) is 31.0. The number of hydrogen-bond donors (Lipinski definition) is 1. The van der Waals surface area contributed by atoms with Gasteiger partial charge in [-0.2, -0.15) is 13.2 Å². The molecule has 3 rings (SSSR count). The van der Waals surface area contributed by atoms with Crippen LogP contribution in [0.15, 0.2) is 96.5 Å². The number of nitrogens with one attached hydrogen (secondary N) is 1. The number of methoxy groups -OCH3 is 2. The highest BCUT2D eigenvalue weighted by atomic mass is 19.4. The van der Waals surface area contributed by atoms with Crippen LogP contribution in [0.5, 0.6) is 0 Å². The molecular weight excluding hydrogens is 537 g/mol. The van der Waals surface area contributed by atoms with Crippen LogP contribution >= 0.6 is 0 Å². The zero-order valence-corrected chi connectivity index (χ0v) is 23.0. The summed E-state index contributed by atoms with van der Waals surface area (Å²) in [5.41, 5.74) is 6.58. The molecule has 0 fully saturated rings. The zero-order valence-electron chi connectivity index (χ0n) is 23.0. The van der Waals surface area contributed by atoms with E-state index in [0.29, 0.717) is 46.5 Å². The Morgan fingerprint density at radius 2 is 1.66 bits per heavy atom. The van der Waals surface area contributed by atoms with Crippen molar-refractivity contribution in [3.8, 4) is 0 Å². The zero-order chi connectivity index (χ0) is 29.8. The summed E-state index contributed by atoms with van der Waals surface area (Å²) in [5, 5.41) is 4.06. The van der Waals surface area contributed by atoms with Gasteiger partial charge >= 0.3 is 12.1 Å². The fourth-order valence-electron chi connectivity index (χ4n) is 4.00. The second kappa shape index (κ2) is 14.7. The number of hydroxylamine groups is 1. The minimum atomic E-state index is -4.37. The number of halogens is 3. The molecule has 1 N–H and O–H groups in total. The van der Waals surface area contributed by atoms with Gasteiger partial charge < -0.3 is 14.3 Å². The third-order valence-electron chi connectivity index (χ3n) is 6.02. The number of esters is 1. The maximum absolute atomic E-state index is 13.0. The van der Waals surface area contributed by atoms with Crippen LogP contribution in [0.3, 0.4) is 0 Å². The van der Waals surface area contributed by atoms with Gasteiger partial charge in [0, 0.05) is 5.56 Å². The Morgan fingerprint density at radius 3 is 2.32 bits per heavy atom. The largest absolute Gasteiger partial charge is 0.503 e. The second-order valence-electron chi connectivity index (χ2n) is 8.80. The van der Waals surface area contributed by atoms with Crippen molar-refractivity contribution in [1.82, 2.24) is 5.48 Å². The summed E-state index contributed by atoms with van der Waals surface area (Å²) >= 11 is 0. The number of allylic oxidation sites excluding steroid dienone is 1. The summed E-state index contributed by atoms with van der Waals surface area (Å²) in [6, 6.07) is 19.9. The molecule has 0 saturated heterocycles. The first-order valence-electron chi connectivity index (χ1n) is 12.5. The quantitative estimate of drug-likeness (QED) is 0.0865. The van der Waals surface area contributed by atoms with Crippen molar-refractivity contribution >= 4 is 17.3 Å². The van der Waals surface area contributed by atoms with Gasteiger partial charge in [-0.1, -0.05) is 78.5 Å². The molecule has 0 amide bonds. The summed E-state index contributed by atoms with van der Waals surface area (Å²) in [6.07, 6.45) is -2.04. The molecule has 41 heavy (non-hydrogen) atoms. The Kier molecular flexibility index (Phi) is 11.1. The highest BCUT2D eigenvalue weighted by Gasteiger charge is 2.30. The molecule has 0 unspecified atom stereocenters. The summed E-state index contributed by atoms with van der Waals surface area (Å²) in [5.74, 6) is -0.551. The van der Waals surface area contributed by atoms with Crippen LogP contribution in [0.25, 0.3) is 5.57 Å². The van der Waals surface area contributed by atoms with Gasteiger partial charge in [0.1, 0.15) is 25.0 Å². The molecule has 0 atom stereocenters. The number of carbonyl (C=O) groups excluding carboxylic acids is 1. The Morgan fingerprint density at radius 1 is 0.951 bits per heavy atom. The number of alkyl halides is 3. The molecule has 10 heteroatoms. The Hall–Kier alpha value is -4.57. The van der Waals surface area contributed by atoms with E-state index in [1.807, 2.05) is 30.3 Å². The maximum atomic E-state index is 13.0. The molecule has 0 aromatic heterocycles. The van der Waals surface area contributed by atoms with E-state index >= 15 is 0 Å². The van der Waals surface area contributed by atoms with Crippen molar-refractivity contribution in [2.45, 2.75) is 25.6 Å². The van der Waals surface area contributed by atoms with E-state index in [1.54, 1.807) is 24.3 Å². The number of nitrogens with zero attached hydrogens (tertiary/aromatic N) is 1. The summed E-state index contributed by atoms with van der Waals surface area (Å²) in [4.78, 5) is 22.9. The second-order valence-corrected chi connectivity index (χ2v) is 8.80. The first-order valence-corrected chi connectivity index (χ1v) is 12.5. The van der Waals surface area contributed by atoms with Crippen LogP contribution < -0.4 is 5.48 Å². The van der Waals surface area contributed by atoms with Crippen LogP contribution in [0.4, 0.5) is 13.2 Å². The number of hydrogen-bond acceptors (Lipinski definition) is 7. The topological polar surface area (TPSA) is 78.4 Å². The number of carbonyl (C=O) groups is 1.